The fourth-order valence-electron chi connectivity index (χ4n) is 2.39. The molecule has 0 saturated carbocycles. The van der Waals surface area contributed by atoms with Crippen molar-refractivity contribution in [3.05, 3.63) is 12.7 Å². The van der Waals surface area contributed by atoms with E-state index in [4.69, 9.17) is 4.74 Å². The van der Waals surface area contributed by atoms with E-state index in [-0.39, 0.29) is 0 Å². The SMILES string of the molecule is C=CCC(CCCCCC)N1CCOCC1. The lowest BCUT2D eigenvalue weighted by atomic mass is 10.0. The van der Waals surface area contributed by atoms with E-state index in [9.17, 15) is 0 Å². The van der Waals surface area contributed by atoms with Crippen LogP contribution >= 0.6 is 0 Å². The van der Waals surface area contributed by atoms with E-state index < -0.39 is 0 Å². The highest BCUT2D eigenvalue weighted by Gasteiger charge is 2.19. The molecular formula is C14H27NO. The van der Waals surface area contributed by atoms with Gasteiger partial charge >= 0.3 is 0 Å². The maximum absolute atomic E-state index is 5.40. The molecule has 94 valence electrons. The summed E-state index contributed by atoms with van der Waals surface area (Å²) in [5.74, 6) is 0. The Hall–Kier alpha value is -0.340. The van der Waals surface area contributed by atoms with Crippen LogP contribution in [0.25, 0.3) is 0 Å². The van der Waals surface area contributed by atoms with Gasteiger partial charge in [0.1, 0.15) is 0 Å². The predicted molar refractivity (Wildman–Crippen MR) is 69.8 cm³/mol. The van der Waals surface area contributed by atoms with Crippen LogP contribution in [0.4, 0.5) is 0 Å². The molecule has 1 saturated heterocycles. The highest BCUT2D eigenvalue weighted by molar-refractivity contribution is 4.81. The Balaban J connectivity index is 2.24. The van der Waals surface area contributed by atoms with E-state index in [0.717, 1.165) is 32.7 Å². The zero-order valence-electron chi connectivity index (χ0n) is 10.8. The molecule has 1 aliphatic rings. The third-order valence-electron chi connectivity index (χ3n) is 3.39. The van der Waals surface area contributed by atoms with Crippen LogP contribution < -0.4 is 0 Å². The molecule has 1 fully saturated rings. The van der Waals surface area contributed by atoms with Gasteiger partial charge in [0.25, 0.3) is 0 Å². The van der Waals surface area contributed by atoms with Crippen LogP contribution in [0, 0.1) is 0 Å². The Kier molecular flexibility index (Phi) is 7.52. The Morgan fingerprint density at radius 3 is 2.62 bits per heavy atom. The molecule has 0 aromatic rings. The molecule has 0 bridgehead atoms. The number of nitrogens with zero attached hydrogens (tertiary/aromatic N) is 1. The van der Waals surface area contributed by atoms with Crippen LogP contribution in [0.15, 0.2) is 12.7 Å². The molecule has 0 amide bonds. The van der Waals surface area contributed by atoms with Gasteiger partial charge in [0.15, 0.2) is 0 Å². The molecule has 2 heteroatoms. The maximum Gasteiger partial charge on any atom is 0.0594 e. The van der Waals surface area contributed by atoms with Gasteiger partial charge in [-0.3, -0.25) is 4.90 Å². The van der Waals surface area contributed by atoms with Gasteiger partial charge in [-0.05, 0) is 12.8 Å². The predicted octanol–water partition coefficient (Wildman–Crippen LogP) is 3.23. The van der Waals surface area contributed by atoms with Crippen molar-refractivity contribution in [2.75, 3.05) is 26.3 Å². The largest absolute Gasteiger partial charge is 0.379 e. The zero-order chi connectivity index (χ0) is 11.6. The summed E-state index contributed by atoms with van der Waals surface area (Å²) in [5, 5.41) is 0. The van der Waals surface area contributed by atoms with E-state index in [1.165, 1.54) is 32.1 Å². The van der Waals surface area contributed by atoms with E-state index >= 15 is 0 Å². The molecule has 1 atom stereocenters. The molecule has 1 aliphatic heterocycles. The molecule has 0 aromatic heterocycles. The van der Waals surface area contributed by atoms with Crippen LogP contribution in [0.2, 0.25) is 0 Å². The summed E-state index contributed by atoms with van der Waals surface area (Å²) in [7, 11) is 0. The number of hydrogen-bond acceptors (Lipinski definition) is 2. The first-order valence-corrected chi connectivity index (χ1v) is 6.81. The average Bonchev–Trinajstić information content (AvgIpc) is 2.34. The molecule has 0 N–H and O–H groups in total. The zero-order valence-corrected chi connectivity index (χ0v) is 10.8. The number of unbranched alkanes of at least 4 members (excludes halogenated alkanes) is 3. The van der Waals surface area contributed by atoms with Crippen molar-refractivity contribution < 1.29 is 4.74 Å². The van der Waals surface area contributed by atoms with Gasteiger partial charge in [0.2, 0.25) is 0 Å². The second-order valence-corrected chi connectivity index (χ2v) is 4.68. The Morgan fingerprint density at radius 2 is 2.00 bits per heavy atom. The minimum absolute atomic E-state index is 0.707. The lowest BCUT2D eigenvalue weighted by molar-refractivity contribution is 0.0149. The summed E-state index contributed by atoms with van der Waals surface area (Å²) in [6.45, 7) is 10.2. The summed E-state index contributed by atoms with van der Waals surface area (Å²) >= 11 is 0. The first-order chi connectivity index (χ1) is 7.88. The normalized spacial score (nSPS) is 19.6. The number of ether oxygens (including phenoxy) is 1. The average molecular weight is 225 g/mol. The van der Waals surface area contributed by atoms with Gasteiger partial charge < -0.3 is 4.74 Å². The minimum Gasteiger partial charge on any atom is -0.379 e. The molecule has 0 spiro atoms. The molecule has 2 nitrogen and oxygen atoms in total. The third kappa shape index (κ3) is 5.13. The molecule has 16 heavy (non-hydrogen) atoms. The minimum atomic E-state index is 0.707. The fraction of sp³-hybridized carbons (Fsp3) is 0.857. The van der Waals surface area contributed by atoms with E-state index in [1.54, 1.807) is 0 Å². The van der Waals surface area contributed by atoms with Gasteiger partial charge in [0.05, 0.1) is 13.2 Å². The smallest absolute Gasteiger partial charge is 0.0594 e. The monoisotopic (exact) mass is 225 g/mol. The molecule has 1 unspecified atom stereocenters. The van der Waals surface area contributed by atoms with Gasteiger partial charge in [-0.2, -0.15) is 0 Å². The van der Waals surface area contributed by atoms with Crippen molar-refractivity contribution >= 4 is 0 Å². The first-order valence-electron chi connectivity index (χ1n) is 6.81. The molecule has 0 aromatic carbocycles. The van der Waals surface area contributed by atoms with Gasteiger partial charge in [-0.25, -0.2) is 0 Å². The van der Waals surface area contributed by atoms with Gasteiger partial charge in [0, 0.05) is 19.1 Å². The summed E-state index contributed by atoms with van der Waals surface area (Å²) in [5.41, 5.74) is 0. The van der Waals surface area contributed by atoms with Gasteiger partial charge in [-0.1, -0.05) is 38.7 Å². The summed E-state index contributed by atoms with van der Waals surface area (Å²) in [6, 6.07) is 0.707. The molecule has 1 heterocycles. The van der Waals surface area contributed by atoms with Crippen LogP contribution in [-0.4, -0.2) is 37.2 Å². The van der Waals surface area contributed by atoms with Crippen molar-refractivity contribution in [3.63, 3.8) is 0 Å². The number of hydrogen-bond donors (Lipinski definition) is 0. The summed E-state index contributed by atoms with van der Waals surface area (Å²) in [4.78, 5) is 2.58. The van der Waals surface area contributed by atoms with Crippen LogP contribution in [0.1, 0.15) is 45.4 Å². The van der Waals surface area contributed by atoms with E-state index in [0.29, 0.717) is 6.04 Å². The fourth-order valence-corrected chi connectivity index (χ4v) is 2.39. The van der Waals surface area contributed by atoms with E-state index in [1.807, 2.05) is 0 Å². The second-order valence-electron chi connectivity index (χ2n) is 4.68. The Bertz CT molecular complexity index is 176. The standard InChI is InChI=1S/C14H27NO/c1-3-5-6-7-9-14(8-4-2)15-10-12-16-13-11-15/h4,14H,2-3,5-13H2,1H3. The Morgan fingerprint density at radius 1 is 1.25 bits per heavy atom. The van der Waals surface area contributed by atoms with Crippen LogP contribution in [-0.2, 0) is 4.74 Å². The lowest BCUT2D eigenvalue weighted by Gasteiger charge is -2.34. The van der Waals surface area contributed by atoms with Crippen LogP contribution in [0.3, 0.4) is 0 Å². The van der Waals surface area contributed by atoms with Crippen molar-refractivity contribution in [2.45, 2.75) is 51.5 Å². The summed E-state index contributed by atoms with van der Waals surface area (Å²) in [6.07, 6.45) is 9.98. The maximum atomic E-state index is 5.40. The third-order valence-corrected chi connectivity index (χ3v) is 3.39. The molecular weight excluding hydrogens is 198 g/mol. The van der Waals surface area contributed by atoms with Crippen molar-refractivity contribution in [3.8, 4) is 0 Å². The first kappa shape index (κ1) is 13.7. The quantitative estimate of drug-likeness (QED) is 0.464. The van der Waals surface area contributed by atoms with Crippen molar-refractivity contribution in [1.29, 1.82) is 0 Å². The van der Waals surface area contributed by atoms with Crippen molar-refractivity contribution in [2.24, 2.45) is 0 Å². The summed E-state index contributed by atoms with van der Waals surface area (Å²) < 4.78 is 5.40. The van der Waals surface area contributed by atoms with Gasteiger partial charge in [-0.15, -0.1) is 6.58 Å². The van der Waals surface area contributed by atoms with E-state index in [2.05, 4.69) is 24.5 Å². The highest BCUT2D eigenvalue weighted by Crippen LogP contribution is 2.16. The highest BCUT2D eigenvalue weighted by atomic mass is 16.5. The molecule has 0 aliphatic carbocycles. The second kappa shape index (κ2) is 8.77. The van der Waals surface area contributed by atoms with Crippen molar-refractivity contribution in [1.82, 2.24) is 4.90 Å². The Labute approximate surface area is 101 Å². The topological polar surface area (TPSA) is 12.5 Å². The number of rotatable bonds is 8. The molecule has 0 radical (unpaired) electrons. The number of morpholine rings is 1. The van der Waals surface area contributed by atoms with Crippen LogP contribution in [0.5, 0.6) is 0 Å². The lowest BCUT2D eigenvalue weighted by Crippen LogP contribution is -2.43. The molecule has 1 rings (SSSR count).